The third-order valence-electron chi connectivity index (χ3n) is 3.36. The molecule has 0 bridgehead atoms. The first-order valence-corrected chi connectivity index (χ1v) is 6.95. The average Bonchev–Trinajstić information content (AvgIpc) is 2.44. The number of halogens is 1. The first-order chi connectivity index (χ1) is 10.0. The van der Waals surface area contributed by atoms with Gasteiger partial charge in [-0.1, -0.05) is 18.2 Å². The lowest BCUT2D eigenvalue weighted by Crippen LogP contribution is -2.08. The van der Waals surface area contributed by atoms with E-state index in [-0.39, 0.29) is 18.5 Å². The fourth-order valence-corrected chi connectivity index (χ4v) is 2.16. The molecule has 0 aromatic heterocycles. The molecule has 3 nitrogen and oxygen atoms in total. The summed E-state index contributed by atoms with van der Waals surface area (Å²) >= 11 is 0. The highest BCUT2D eigenvalue weighted by Crippen LogP contribution is 2.32. The van der Waals surface area contributed by atoms with E-state index < -0.39 is 0 Å². The Morgan fingerprint density at radius 3 is 2.62 bits per heavy atom. The van der Waals surface area contributed by atoms with Gasteiger partial charge in [0.25, 0.3) is 0 Å². The number of hydrogen-bond acceptors (Lipinski definition) is 3. The van der Waals surface area contributed by atoms with Crippen LogP contribution in [0.2, 0.25) is 0 Å². The standard InChI is InChI=1S/C17H20FNO2/c1-11-9-17(14(12(2)19)10-15(11)18)21-16-6-4-3-5-13(16)7-8-20/h3-6,9-10,12,20H,7-8,19H2,1-2H3/t12-/m0/s1. The van der Waals surface area contributed by atoms with Gasteiger partial charge in [0.2, 0.25) is 0 Å². The van der Waals surface area contributed by atoms with Crippen molar-refractivity contribution in [1.82, 2.24) is 0 Å². The Balaban J connectivity index is 2.41. The summed E-state index contributed by atoms with van der Waals surface area (Å²) in [5.41, 5.74) is 7.93. The zero-order chi connectivity index (χ0) is 15.4. The maximum absolute atomic E-state index is 13.7. The van der Waals surface area contributed by atoms with E-state index in [9.17, 15) is 4.39 Å². The van der Waals surface area contributed by atoms with Crippen LogP contribution in [0.5, 0.6) is 11.5 Å². The first-order valence-electron chi connectivity index (χ1n) is 6.95. The maximum Gasteiger partial charge on any atom is 0.132 e. The number of aryl methyl sites for hydroxylation is 1. The van der Waals surface area contributed by atoms with Crippen molar-refractivity contribution in [2.24, 2.45) is 5.73 Å². The Labute approximate surface area is 124 Å². The molecule has 0 radical (unpaired) electrons. The van der Waals surface area contributed by atoms with Gasteiger partial charge >= 0.3 is 0 Å². The summed E-state index contributed by atoms with van der Waals surface area (Å²) in [5, 5.41) is 9.11. The van der Waals surface area contributed by atoms with Crippen LogP contribution < -0.4 is 10.5 Å². The fraction of sp³-hybridized carbons (Fsp3) is 0.294. The number of rotatable bonds is 5. The van der Waals surface area contributed by atoms with Crippen LogP contribution in [0.4, 0.5) is 4.39 Å². The van der Waals surface area contributed by atoms with Gasteiger partial charge < -0.3 is 15.6 Å². The molecule has 0 heterocycles. The second kappa shape index (κ2) is 6.70. The molecule has 2 rings (SSSR count). The number of ether oxygens (including phenoxy) is 1. The van der Waals surface area contributed by atoms with E-state index in [1.807, 2.05) is 24.3 Å². The summed E-state index contributed by atoms with van der Waals surface area (Å²) in [5.74, 6) is 0.909. The van der Waals surface area contributed by atoms with Gasteiger partial charge in [-0.2, -0.15) is 0 Å². The molecule has 1 atom stereocenters. The molecule has 0 saturated carbocycles. The molecule has 4 heteroatoms. The molecule has 0 aliphatic carbocycles. The Hall–Kier alpha value is -1.91. The van der Waals surface area contributed by atoms with Crippen LogP contribution in [0.3, 0.4) is 0 Å². The summed E-state index contributed by atoms with van der Waals surface area (Å²) in [6.45, 7) is 3.52. The van der Waals surface area contributed by atoms with E-state index in [4.69, 9.17) is 15.6 Å². The third-order valence-corrected chi connectivity index (χ3v) is 3.36. The predicted octanol–water partition coefficient (Wildman–Crippen LogP) is 3.48. The van der Waals surface area contributed by atoms with Gasteiger partial charge in [-0.15, -0.1) is 0 Å². The molecule has 0 amide bonds. The van der Waals surface area contributed by atoms with Crippen LogP contribution in [0.1, 0.15) is 29.7 Å². The smallest absolute Gasteiger partial charge is 0.132 e. The largest absolute Gasteiger partial charge is 0.457 e. The van der Waals surface area contributed by atoms with Crippen LogP contribution in [-0.4, -0.2) is 11.7 Å². The second-order valence-electron chi connectivity index (χ2n) is 5.11. The number of aliphatic hydroxyl groups is 1. The average molecular weight is 289 g/mol. The van der Waals surface area contributed by atoms with Crippen LogP contribution in [-0.2, 0) is 6.42 Å². The normalized spacial score (nSPS) is 12.2. The van der Waals surface area contributed by atoms with Gasteiger partial charge in [-0.25, -0.2) is 4.39 Å². The number of para-hydroxylation sites is 1. The lowest BCUT2D eigenvalue weighted by atomic mass is 10.0. The van der Waals surface area contributed by atoms with Crippen LogP contribution in [0.15, 0.2) is 36.4 Å². The van der Waals surface area contributed by atoms with Crippen molar-refractivity contribution in [1.29, 1.82) is 0 Å². The molecule has 0 aliphatic rings. The minimum atomic E-state index is -0.333. The van der Waals surface area contributed by atoms with Crippen molar-refractivity contribution in [3.63, 3.8) is 0 Å². The zero-order valence-corrected chi connectivity index (χ0v) is 12.3. The van der Waals surface area contributed by atoms with E-state index in [1.54, 1.807) is 19.9 Å². The lowest BCUT2D eigenvalue weighted by Gasteiger charge is -2.17. The summed E-state index contributed by atoms with van der Waals surface area (Å²) in [7, 11) is 0. The van der Waals surface area contributed by atoms with Crippen molar-refractivity contribution in [3.8, 4) is 11.5 Å². The van der Waals surface area contributed by atoms with Crippen molar-refractivity contribution in [2.75, 3.05) is 6.61 Å². The van der Waals surface area contributed by atoms with E-state index in [0.29, 0.717) is 29.0 Å². The molecule has 2 aromatic carbocycles. The minimum Gasteiger partial charge on any atom is -0.457 e. The van der Waals surface area contributed by atoms with E-state index in [2.05, 4.69) is 0 Å². The molecule has 3 N–H and O–H groups in total. The Morgan fingerprint density at radius 2 is 1.95 bits per heavy atom. The molecule has 0 saturated heterocycles. The number of benzene rings is 2. The molecule has 0 aliphatic heterocycles. The molecule has 0 spiro atoms. The van der Waals surface area contributed by atoms with Crippen molar-refractivity contribution < 1.29 is 14.2 Å². The quantitative estimate of drug-likeness (QED) is 0.886. The summed E-state index contributed by atoms with van der Waals surface area (Å²) in [6.07, 6.45) is 0.504. The molecular weight excluding hydrogens is 269 g/mol. The molecular formula is C17H20FNO2. The lowest BCUT2D eigenvalue weighted by molar-refractivity contribution is 0.297. The Bertz CT molecular complexity index is 626. The van der Waals surface area contributed by atoms with Gasteiger partial charge in [0.1, 0.15) is 17.3 Å². The highest BCUT2D eigenvalue weighted by molar-refractivity contribution is 5.44. The van der Waals surface area contributed by atoms with Gasteiger partial charge in [0.05, 0.1) is 0 Å². The topological polar surface area (TPSA) is 55.5 Å². The van der Waals surface area contributed by atoms with Crippen LogP contribution >= 0.6 is 0 Å². The van der Waals surface area contributed by atoms with Gasteiger partial charge in [-0.05, 0) is 49.6 Å². The molecule has 112 valence electrons. The maximum atomic E-state index is 13.7. The van der Waals surface area contributed by atoms with Gasteiger partial charge in [-0.3, -0.25) is 0 Å². The summed E-state index contributed by atoms with van der Waals surface area (Å²) in [6, 6.07) is 10.2. The second-order valence-corrected chi connectivity index (χ2v) is 5.11. The predicted molar refractivity (Wildman–Crippen MR) is 81.0 cm³/mol. The van der Waals surface area contributed by atoms with Crippen molar-refractivity contribution in [3.05, 3.63) is 58.9 Å². The number of hydrogen-bond donors (Lipinski definition) is 2. The van der Waals surface area contributed by atoms with Crippen molar-refractivity contribution in [2.45, 2.75) is 26.3 Å². The SMILES string of the molecule is Cc1cc(Oc2ccccc2CCO)c([C@H](C)N)cc1F. The Kier molecular flexibility index (Phi) is 4.94. The van der Waals surface area contributed by atoms with E-state index in [0.717, 1.165) is 5.56 Å². The van der Waals surface area contributed by atoms with E-state index in [1.165, 1.54) is 6.07 Å². The van der Waals surface area contributed by atoms with Gasteiger partial charge in [0, 0.05) is 18.2 Å². The molecule has 0 unspecified atom stereocenters. The third kappa shape index (κ3) is 3.60. The van der Waals surface area contributed by atoms with E-state index >= 15 is 0 Å². The molecule has 0 fully saturated rings. The highest BCUT2D eigenvalue weighted by atomic mass is 19.1. The van der Waals surface area contributed by atoms with Gasteiger partial charge in [0.15, 0.2) is 0 Å². The molecule has 21 heavy (non-hydrogen) atoms. The summed E-state index contributed by atoms with van der Waals surface area (Å²) in [4.78, 5) is 0. The van der Waals surface area contributed by atoms with Crippen molar-refractivity contribution >= 4 is 0 Å². The first kappa shape index (κ1) is 15.5. The van der Waals surface area contributed by atoms with Crippen LogP contribution in [0.25, 0.3) is 0 Å². The fourth-order valence-electron chi connectivity index (χ4n) is 2.16. The number of aliphatic hydroxyl groups excluding tert-OH is 1. The zero-order valence-electron chi connectivity index (χ0n) is 12.3. The molecule has 2 aromatic rings. The monoisotopic (exact) mass is 289 g/mol. The minimum absolute atomic E-state index is 0.0446. The Morgan fingerprint density at radius 1 is 1.24 bits per heavy atom. The highest BCUT2D eigenvalue weighted by Gasteiger charge is 2.14. The van der Waals surface area contributed by atoms with Crippen LogP contribution in [0, 0.1) is 12.7 Å². The number of nitrogens with two attached hydrogens (primary N) is 1. The summed E-state index contributed by atoms with van der Waals surface area (Å²) < 4.78 is 19.6.